The molecule has 10 heteroatoms. The van der Waals surface area contributed by atoms with Gasteiger partial charge in [-0.1, -0.05) is 49.2 Å². The van der Waals surface area contributed by atoms with E-state index in [1.165, 1.54) is 18.6 Å². The Hall–Kier alpha value is -3.64. The molecule has 7 nitrogen and oxygen atoms in total. The van der Waals surface area contributed by atoms with Gasteiger partial charge in [-0.15, -0.1) is 5.10 Å². The quantitative estimate of drug-likeness (QED) is 0.272. The Labute approximate surface area is 239 Å². The van der Waals surface area contributed by atoms with Crippen molar-refractivity contribution in [1.29, 1.82) is 5.26 Å². The molecule has 0 radical (unpaired) electrons. The van der Waals surface area contributed by atoms with E-state index in [0.29, 0.717) is 39.7 Å². The smallest absolute Gasteiger partial charge is 0.148 e. The average molecular weight is 556 g/mol. The lowest BCUT2D eigenvalue weighted by atomic mass is 9.69. The SMILES string of the molecule is BC(Nc1cc(Cl)c2ncc(C#N)c(NC3C(C)CCCC3C)c2c1)(c1ccc(F)cc1)c1cn(C2CC2)nn1. The molecule has 2 N–H and O–H groups in total. The second-order valence-electron chi connectivity index (χ2n) is 11.6. The van der Waals surface area contributed by atoms with Gasteiger partial charge in [-0.2, -0.15) is 5.26 Å². The first-order valence-corrected chi connectivity index (χ1v) is 14.4. The van der Waals surface area contributed by atoms with Crippen LogP contribution in [0.3, 0.4) is 0 Å². The van der Waals surface area contributed by atoms with E-state index in [-0.39, 0.29) is 11.9 Å². The minimum absolute atomic E-state index is 0.240. The molecule has 6 rings (SSSR count). The van der Waals surface area contributed by atoms with Crippen molar-refractivity contribution in [3.63, 3.8) is 0 Å². The van der Waals surface area contributed by atoms with Gasteiger partial charge in [0.25, 0.3) is 0 Å². The number of pyridine rings is 1. The molecule has 2 heterocycles. The van der Waals surface area contributed by atoms with Gasteiger partial charge >= 0.3 is 0 Å². The fourth-order valence-corrected chi connectivity index (χ4v) is 6.35. The van der Waals surface area contributed by atoms with Crippen LogP contribution in [0, 0.1) is 29.0 Å². The lowest BCUT2D eigenvalue weighted by molar-refractivity contribution is 0.268. The van der Waals surface area contributed by atoms with Gasteiger partial charge in [0.2, 0.25) is 0 Å². The first-order valence-electron chi connectivity index (χ1n) is 14.0. The Morgan fingerprint density at radius 2 is 1.85 bits per heavy atom. The van der Waals surface area contributed by atoms with E-state index in [2.05, 4.69) is 45.8 Å². The predicted molar refractivity (Wildman–Crippen MR) is 159 cm³/mol. The number of rotatable bonds is 7. The van der Waals surface area contributed by atoms with E-state index in [4.69, 9.17) is 11.6 Å². The molecule has 0 spiro atoms. The number of hydrogen-bond acceptors (Lipinski definition) is 6. The van der Waals surface area contributed by atoms with Gasteiger partial charge in [0, 0.05) is 23.3 Å². The van der Waals surface area contributed by atoms with Crippen molar-refractivity contribution < 1.29 is 4.39 Å². The van der Waals surface area contributed by atoms with Crippen LogP contribution in [0.4, 0.5) is 15.8 Å². The van der Waals surface area contributed by atoms with Crippen LogP contribution in [0.1, 0.15) is 68.8 Å². The molecular formula is C30H32BClFN7. The van der Waals surface area contributed by atoms with Crippen molar-refractivity contribution in [1.82, 2.24) is 20.0 Å². The first kappa shape index (κ1) is 26.6. The van der Waals surface area contributed by atoms with Gasteiger partial charge in [-0.3, -0.25) is 4.98 Å². The highest BCUT2D eigenvalue weighted by Crippen LogP contribution is 2.40. The van der Waals surface area contributed by atoms with Crippen LogP contribution in [0.2, 0.25) is 5.02 Å². The summed E-state index contributed by atoms with van der Waals surface area (Å²) < 4.78 is 15.8. The van der Waals surface area contributed by atoms with E-state index in [1.807, 2.05) is 30.9 Å². The molecule has 0 aliphatic heterocycles. The zero-order chi connectivity index (χ0) is 28.0. The number of nitriles is 1. The maximum Gasteiger partial charge on any atom is 0.148 e. The van der Waals surface area contributed by atoms with E-state index in [0.717, 1.165) is 48.0 Å². The van der Waals surface area contributed by atoms with Crippen molar-refractivity contribution in [2.24, 2.45) is 11.8 Å². The van der Waals surface area contributed by atoms with E-state index in [9.17, 15) is 9.65 Å². The molecule has 2 fully saturated rings. The molecule has 3 unspecified atom stereocenters. The van der Waals surface area contributed by atoms with Crippen LogP contribution in [0.5, 0.6) is 0 Å². The largest absolute Gasteiger partial charge is 0.380 e. The van der Waals surface area contributed by atoms with Crippen LogP contribution >= 0.6 is 11.6 Å². The summed E-state index contributed by atoms with van der Waals surface area (Å²) in [4.78, 5) is 4.55. The van der Waals surface area contributed by atoms with Crippen LogP contribution < -0.4 is 10.6 Å². The summed E-state index contributed by atoms with van der Waals surface area (Å²) in [5.74, 6) is 0.649. The lowest BCUT2D eigenvalue weighted by Gasteiger charge is -2.36. The number of hydrogen-bond donors (Lipinski definition) is 2. The van der Waals surface area contributed by atoms with Crippen LogP contribution in [0.15, 0.2) is 48.8 Å². The number of fused-ring (bicyclic) bond motifs is 1. The molecule has 40 heavy (non-hydrogen) atoms. The maximum absolute atomic E-state index is 13.9. The molecule has 0 saturated heterocycles. The summed E-state index contributed by atoms with van der Waals surface area (Å²) in [7, 11) is 2.01. The third-order valence-corrected chi connectivity index (χ3v) is 8.95. The van der Waals surface area contributed by atoms with Gasteiger partial charge in [-0.05, 0) is 67.3 Å². The fourth-order valence-electron chi connectivity index (χ4n) is 6.08. The van der Waals surface area contributed by atoms with E-state index < -0.39 is 5.44 Å². The second kappa shape index (κ2) is 10.4. The Balaban J connectivity index is 1.45. The lowest BCUT2D eigenvalue weighted by Crippen LogP contribution is -2.38. The van der Waals surface area contributed by atoms with Gasteiger partial charge in [0.1, 0.15) is 25.4 Å². The molecule has 4 aromatic rings. The molecule has 2 aromatic carbocycles. The Kier molecular flexibility index (Phi) is 6.91. The minimum Gasteiger partial charge on any atom is -0.380 e. The molecule has 3 atom stereocenters. The highest BCUT2D eigenvalue weighted by atomic mass is 35.5. The zero-order valence-corrected chi connectivity index (χ0v) is 23.7. The van der Waals surface area contributed by atoms with Crippen molar-refractivity contribution in [2.75, 3.05) is 10.6 Å². The number of aromatic nitrogens is 4. The monoisotopic (exact) mass is 555 g/mol. The Morgan fingerprint density at radius 3 is 2.52 bits per heavy atom. The summed E-state index contributed by atoms with van der Waals surface area (Å²) in [6, 6.07) is 13.2. The maximum atomic E-state index is 13.9. The summed E-state index contributed by atoms with van der Waals surface area (Å²) in [5, 5.41) is 27.5. The predicted octanol–water partition coefficient (Wildman–Crippen LogP) is 6.01. The van der Waals surface area contributed by atoms with Crippen LogP contribution in [0.25, 0.3) is 10.9 Å². The van der Waals surface area contributed by atoms with Gasteiger partial charge in [0.05, 0.1) is 39.5 Å². The van der Waals surface area contributed by atoms with Gasteiger partial charge in [-0.25, -0.2) is 9.07 Å². The third kappa shape index (κ3) is 4.90. The summed E-state index contributed by atoms with van der Waals surface area (Å²) in [6.07, 6.45) is 9.26. The molecule has 2 aliphatic carbocycles. The number of nitrogens with zero attached hydrogens (tertiary/aromatic N) is 5. The summed E-state index contributed by atoms with van der Waals surface area (Å²) in [5.41, 5.74) is 3.32. The molecule has 2 saturated carbocycles. The Bertz CT molecular complexity index is 1590. The number of benzene rings is 2. The zero-order valence-electron chi connectivity index (χ0n) is 23.0. The molecule has 2 aliphatic rings. The molecule has 2 aromatic heterocycles. The standard InChI is InChI=1S/C30H32BClFN7/c1-17-4-3-5-18(2)27(17)36-28-19(14-34)15-35-29-24(28)12-22(13-25(29)32)37-30(31,20-6-8-21(33)9-7-20)26-16-40(39-38-26)23-10-11-23/h6-9,12-13,15-18,23,27,37H,3-5,10-11,31H2,1-2H3,(H,35,36). The fraction of sp³-hybridized carbons (Fsp3) is 0.400. The summed E-state index contributed by atoms with van der Waals surface area (Å²) >= 11 is 6.83. The molecule has 0 bridgehead atoms. The number of nitrogens with one attached hydrogen (secondary N) is 2. The first-order chi connectivity index (χ1) is 19.3. The highest BCUT2D eigenvalue weighted by Gasteiger charge is 2.35. The normalized spacial score (nSPS) is 22.4. The van der Waals surface area contributed by atoms with Gasteiger partial charge in [0.15, 0.2) is 0 Å². The van der Waals surface area contributed by atoms with Crippen molar-refractivity contribution in [3.05, 3.63) is 76.5 Å². The average Bonchev–Trinajstić information content (AvgIpc) is 3.66. The van der Waals surface area contributed by atoms with Crippen molar-refractivity contribution in [3.8, 4) is 6.07 Å². The number of anilines is 2. The molecular weight excluding hydrogens is 524 g/mol. The third-order valence-electron chi connectivity index (χ3n) is 8.66. The van der Waals surface area contributed by atoms with Crippen molar-refractivity contribution in [2.45, 2.75) is 63.5 Å². The highest BCUT2D eigenvalue weighted by molar-refractivity contribution is 6.36. The minimum atomic E-state index is -0.835. The van der Waals surface area contributed by atoms with Crippen molar-refractivity contribution >= 4 is 41.7 Å². The molecule has 0 amide bonds. The Morgan fingerprint density at radius 1 is 1.12 bits per heavy atom. The van der Waals surface area contributed by atoms with Gasteiger partial charge < -0.3 is 10.6 Å². The molecule has 204 valence electrons. The van der Waals surface area contributed by atoms with E-state index in [1.54, 1.807) is 18.3 Å². The topological polar surface area (TPSA) is 91.5 Å². The van der Waals surface area contributed by atoms with Crippen LogP contribution in [-0.4, -0.2) is 33.9 Å². The number of halogens is 2. The van der Waals surface area contributed by atoms with E-state index >= 15 is 0 Å². The summed E-state index contributed by atoms with van der Waals surface area (Å²) in [6.45, 7) is 4.54. The van der Waals surface area contributed by atoms with Crippen LogP contribution in [-0.2, 0) is 5.44 Å². The second-order valence-corrected chi connectivity index (χ2v) is 12.0.